The average Bonchev–Trinajstić information content (AvgIpc) is 3.36. The van der Waals surface area contributed by atoms with Crippen molar-refractivity contribution < 1.29 is 13.3 Å². The van der Waals surface area contributed by atoms with Crippen molar-refractivity contribution in [1.82, 2.24) is 4.31 Å². The molecule has 9 heteroatoms. The molecule has 1 aliphatic carbocycles. The molecule has 28 heavy (non-hydrogen) atoms. The molecule has 2 aliphatic rings. The van der Waals surface area contributed by atoms with Gasteiger partial charge in [-0.3, -0.25) is 15.5 Å². The fraction of sp³-hybridized carbons (Fsp3) is 0.316. The van der Waals surface area contributed by atoms with Gasteiger partial charge in [-0.05, 0) is 43.4 Å². The molecule has 0 unspecified atom stereocenters. The normalized spacial score (nSPS) is 18.4. The lowest BCUT2D eigenvalue weighted by molar-refractivity contribution is -0.384. The second-order valence-electron chi connectivity index (χ2n) is 6.87. The summed E-state index contributed by atoms with van der Waals surface area (Å²) in [6.07, 6.45) is 3.24. The summed E-state index contributed by atoms with van der Waals surface area (Å²) in [5.74, 6) is 0. The van der Waals surface area contributed by atoms with E-state index in [0.29, 0.717) is 13.1 Å². The number of fused-ring (bicyclic) bond motifs is 1. The van der Waals surface area contributed by atoms with E-state index in [2.05, 4.69) is 10.5 Å². The Kier molecular flexibility index (Phi) is 4.86. The van der Waals surface area contributed by atoms with E-state index in [1.54, 1.807) is 0 Å². The van der Waals surface area contributed by atoms with Gasteiger partial charge in [0.2, 0.25) is 10.0 Å². The summed E-state index contributed by atoms with van der Waals surface area (Å²) in [6.45, 7) is 0.895. The highest BCUT2D eigenvalue weighted by atomic mass is 32.2. The highest BCUT2D eigenvalue weighted by Crippen LogP contribution is 2.31. The van der Waals surface area contributed by atoms with Gasteiger partial charge in [-0.15, -0.1) is 0 Å². The van der Waals surface area contributed by atoms with Crippen molar-refractivity contribution in [2.75, 3.05) is 18.5 Å². The van der Waals surface area contributed by atoms with Crippen LogP contribution in [0.1, 0.15) is 30.4 Å². The Morgan fingerprint density at radius 2 is 1.82 bits per heavy atom. The largest absolute Gasteiger partial charge is 0.295 e. The average molecular weight is 400 g/mol. The molecule has 1 fully saturated rings. The molecule has 0 radical (unpaired) electrons. The number of hydrogen-bond donors (Lipinski definition) is 1. The van der Waals surface area contributed by atoms with E-state index in [0.717, 1.165) is 43.0 Å². The number of rotatable bonds is 5. The topological polar surface area (TPSA) is 105 Å². The number of nitrogens with one attached hydrogen (secondary N) is 1. The smallest absolute Gasteiger partial charge is 0.271 e. The number of hydrogen-bond acceptors (Lipinski definition) is 6. The lowest BCUT2D eigenvalue weighted by Crippen LogP contribution is -2.27. The van der Waals surface area contributed by atoms with Gasteiger partial charge < -0.3 is 0 Å². The number of anilines is 1. The first kappa shape index (κ1) is 18.6. The standard InChI is InChI=1S/C19H20N4O4S/c24-23(25)19-13-15(28(26,27)22-11-3-4-12-22)8-10-18(19)21-20-17-9-7-14-5-1-2-6-16(14)17/h1-2,5-6,8,10,13,21H,3-4,7,9,11-12H2/b20-17-. The molecule has 0 saturated carbocycles. The predicted octanol–water partition coefficient (Wildman–Crippen LogP) is 3.14. The van der Waals surface area contributed by atoms with Gasteiger partial charge in [0.05, 0.1) is 15.5 Å². The minimum absolute atomic E-state index is 0.0643. The molecule has 0 atom stereocenters. The van der Waals surface area contributed by atoms with Crippen molar-refractivity contribution in [3.8, 4) is 0 Å². The highest BCUT2D eigenvalue weighted by Gasteiger charge is 2.29. The third kappa shape index (κ3) is 3.38. The van der Waals surface area contributed by atoms with Gasteiger partial charge in [0.1, 0.15) is 5.69 Å². The maximum atomic E-state index is 12.7. The van der Waals surface area contributed by atoms with Crippen LogP contribution < -0.4 is 5.43 Å². The first-order valence-electron chi connectivity index (χ1n) is 9.16. The molecule has 146 valence electrons. The van der Waals surface area contributed by atoms with Crippen LogP contribution in [0, 0.1) is 10.1 Å². The highest BCUT2D eigenvalue weighted by molar-refractivity contribution is 7.89. The third-order valence-electron chi connectivity index (χ3n) is 5.14. The van der Waals surface area contributed by atoms with E-state index in [-0.39, 0.29) is 16.3 Å². The fourth-order valence-corrected chi connectivity index (χ4v) is 5.18. The zero-order valence-corrected chi connectivity index (χ0v) is 16.0. The molecule has 0 aromatic heterocycles. The lowest BCUT2D eigenvalue weighted by atomic mass is 10.1. The van der Waals surface area contributed by atoms with Gasteiger partial charge >= 0.3 is 0 Å². The number of nitrogens with zero attached hydrogens (tertiary/aromatic N) is 3. The van der Waals surface area contributed by atoms with Crippen LogP contribution in [0.5, 0.6) is 0 Å². The summed E-state index contributed by atoms with van der Waals surface area (Å²) in [4.78, 5) is 10.9. The van der Waals surface area contributed by atoms with Gasteiger partial charge in [-0.2, -0.15) is 9.41 Å². The zero-order valence-electron chi connectivity index (χ0n) is 15.2. The minimum atomic E-state index is -3.72. The monoisotopic (exact) mass is 400 g/mol. The van der Waals surface area contributed by atoms with E-state index < -0.39 is 14.9 Å². The molecule has 0 bridgehead atoms. The van der Waals surface area contributed by atoms with Crippen molar-refractivity contribution in [2.45, 2.75) is 30.6 Å². The van der Waals surface area contributed by atoms with Crippen LogP contribution >= 0.6 is 0 Å². The Bertz CT molecular complexity index is 1060. The van der Waals surface area contributed by atoms with E-state index in [4.69, 9.17) is 0 Å². The van der Waals surface area contributed by atoms with Crippen LogP contribution in [-0.2, 0) is 16.4 Å². The van der Waals surface area contributed by atoms with Crippen LogP contribution in [-0.4, -0.2) is 36.4 Å². The predicted molar refractivity (Wildman–Crippen MR) is 106 cm³/mol. The SMILES string of the molecule is O=[N+]([O-])c1cc(S(=O)(=O)N2CCCC2)ccc1N/N=C1/CCc2ccccc21. The molecule has 0 spiro atoms. The first-order chi connectivity index (χ1) is 13.5. The first-order valence-corrected chi connectivity index (χ1v) is 10.6. The Morgan fingerprint density at radius 3 is 2.57 bits per heavy atom. The van der Waals surface area contributed by atoms with Crippen LogP contribution in [0.4, 0.5) is 11.4 Å². The van der Waals surface area contributed by atoms with Crippen molar-refractivity contribution in [3.05, 3.63) is 63.7 Å². The minimum Gasteiger partial charge on any atom is -0.271 e. The quantitative estimate of drug-likeness (QED) is 0.613. The number of sulfonamides is 1. The molecule has 1 heterocycles. The van der Waals surface area contributed by atoms with Crippen molar-refractivity contribution in [1.29, 1.82) is 0 Å². The molecular weight excluding hydrogens is 380 g/mol. The number of aryl methyl sites for hydroxylation is 1. The summed E-state index contributed by atoms with van der Waals surface area (Å²) in [5.41, 5.74) is 5.69. The fourth-order valence-electron chi connectivity index (χ4n) is 3.65. The zero-order chi connectivity index (χ0) is 19.7. The van der Waals surface area contributed by atoms with Gasteiger partial charge in [0, 0.05) is 24.7 Å². The Labute approximate surface area is 163 Å². The van der Waals surface area contributed by atoms with Crippen molar-refractivity contribution >= 4 is 27.1 Å². The molecule has 2 aromatic rings. The lowest BCUT2D eigenvalue weighted by Gasteiger charge is -2.15. The third-order valence-corrected chi connectivity index (χ3v) is 7.03. The molecule has 2 aromatic carbocycles. The van der Waals surface area contributed by atoms with E-state index in [9.17, 15) is 18.5 Å². The number of nitro benzene ring substituents is 1. The summed E-state index contributed by atoms with van der Waals surface area (Å²) in [6, 6.07) is 11.8. The summed E-state index contributed by atoms with van der Waals surface area (Å²) < 4.78 is 26.7. The van der Waals surface area contributed by atoms with Gasteiger partial charge in [0.15, 0.2) is 0 Å². The van der Waals surface area contributed by atoms with Gasteiger partial charge in [0.25, 0.3) is 5.69 Å². The Morgan fingerprint density at radius 1 is 1.07 bits per heavy atom. The van der Waals surface area contributed by atoms with Gasteiger partial charge in [-0.25, -0.2) is 8.42 Å². The molecule has 8 nitrogen and oxygen atoms in total. The molecule has 0 amide bonds. The summed E-state index contributed by atoms with van der Waals surface area (Å²) in [5, 5.41) is 15.9. The Balaban J connectivity index is 1.63. The number of benzene rings is 2. The van der Waals surface area contributed by atoms with Crippen molar-refractivity contribution in [2.24, 2.45) is 5.10 Å². The van der Waals surface area contributed by atoms with Crippen molar-refractivity contribution in [3.63, 3.8) is 0 Å². The van der Waals surface area contributed by atoms with Crippen LogP contribution in [0.25, 0.3) is 0 Å². The number of hydrazone groups is 1. The van der Waals surface area contributed by atoms with Crippen LogP contribution in [0.2, 0.25) is 0 Å². The van der Waals surface area contributed by atoms with Crippen LogP contribution in [0.15, 0.2) is 52.5 Å². The van der Waals surface area contributed by atoms with E-state index >= 15 is 0 Å². The maximum absolute atomic E-state index is 12.7. The molecule has 4 rings (SSSR count). The second-order valence-corrected chi connectivity index (χ2v) is 8.81. The molecular formula is C19H20N4O4S. The van der Waals surface area contributed by atoms with E-state index in [1.807, 2.05) is 24.3 Å². The Hall–Kier alpha value is -2.78. The second kappa shape index (κ2) is 7.33. The number of nitro groups is 1. The maximum Gasteiger partial charge on any atom is 0.295 e. The summed E-state index contributed by atoms with van der Waals surface area (Å²) >= 11 is 0. The molecule has 1 saturated heterocycles. The molecule has 1 N–H and O–H groups in total. The molecule has 1 aliphatic heterocycles. The van der Waals surface area contributed by atoms with E-state index in [1.165, 1.54) is 22.0 Å². The van der Waals surface area contributed by atoms with Gasteiger partial charge in [-0.1, -0.05) is 24.3 Å². The van der Waals surface area contributed by atoms with Crippen LogP contribution in [0.3, 0.4) is 0 Å². The summed E-state index contributed by atoms with van der Waals surface area (Å²) in [7, 11) is -3.72.